The smallest absolute Gasteiger partial charge is 0.221 e. The summed E-state index contributed by atoms with van der Waals surface area (Å²) in [4.78, 5) is 16.7. The maximum atomic E-state index is 12.1. The normalized spacial score (nSPS) is 15.8. The number of nitrogens with one attached hydrogen (secondary N) is 1. The van der Waals surface area contributed by atoms with Crippen molar-refractivity contribution in [3.05, 3.63) is 22.2 Å². The van der Waals surface area contributed by atoms with Crippen LogP contribution in [0.4, 0.5) is 0 Å². The van der Waals surface area contributed by atoms with Crippen molar-refractivity contribution in [2.24, 2.45) is 0 Å². The van der Waals surface area contributed by atoms with Crippen molar-refractivity contribution < 1.29 is 14.3 Å². The Balaban J connectivity index is 1.75. The van der Waals surface area contributed by atoms with Crippen molar-refractivity contribution in [3.8, 4) is 11.5 Å². The Morgan fingerprint density at radius 2 is 1.84 bits per heavy atom. The summed E-state index contributed by atoms with van der Waals surface area (Å²) in [6.07, 6.45) is 1.25. The average molecular weight is 414 g/mol. The minimum absolute atomic E-state index is 0.0990. The van der Waals surface area contributed by atoms with Gasteiger partial charge in [0.05, 0.1) is 18.7 Å². The highest BCUT2D eigenvalue weighted by Crippen LogP contribution is 2.32. The first-order chi connectivity index (χ1) is 12.0. The fraction of sp³-hybridized carbons (Fsp3) is 0.611. The lowest BCUT2D eigenvalue weighted by molar-refractivity contribution is -0.121. The zero-order valence-electron chi connectivity index (χ0n) is 15.3. The summed E-state index contributed by atoms with van der Waals surface area (Å²) >= 11 is 3.45. The van der Waals surface area contributed by atoms with Gasteiger partial charge in [0.1, 0.15) is 11.5 Å². The van der Waals surface area contributed by atoms with Gasteiger partial charge in [-0.1, -0.05) is 0 Å². The summed E-state index contributed by atoms with van der Waals surface area (Å²) in [5, 5.41) is 3.00. The molecule has 2 rings (SSSR count). The van der Waals surface area contributed by atoms with Crippen molar-refractivity contribution >= 4 is 21.8 Å². The van der Waals surface area contributed by atoms with Crippen LogP contribution in [0.1, 0.15) is 12.0 Å². The molecule has 0 atom stereocenters. The Bertz CT molecular complexity index is 575. The van der Waals surface area contributed by atoms with Crippen LogP contribution in [0.3, 0.4) is 0 Å². The number of piperazine rings is 1. The van der Waals surface area contributed by atoms with Crippen LogP contribution in [-0.2, 0) is 11.2 Å². The number of hydrogen-bond acceptors (Lipinski definition) is 5. The van der Waals surface area contributed by atoms with Crippen molar-refractivity contribution in [1.82, 2.24) is 15.1 Å². The molecule has 0 bridgehead atoms. The van der Waals surface area contributed by atoms with Gasteiger partial charge in [-0.05, 0) is 47.1 Å². The topological polar surface area (TPSA) is 54.0 Å². The zero-order chi connectivity index (χ0) is 18.2. The zero-order valence-corrected chi connectivity index (χ0v) is 16.9. The molecule has 0 radical (unpaired) electrons. The van der Waals surface area contributed by atoms with Gasteiger partial charge < -0.3 is 24.6 Å². The van der Waals surface area contributed by atoms with E-state index in [2.05, 4.69) is 38.1 Å². The summed E-state index contributed by atoms with van der Waals surface area (Å²) in [5.41, 5.74) is 1.02. The van der Waals surface area contributed by atoms with Crippen LogP contribution in [0.5, 0.6) is 11.5 Å². The number of likely N-dealkylation sites (N-methyl/N-ethyl adjacent to an activating group) is 1. The molecule has 1 amide bonds. The van der Waals surface area contributed by atoms with E-state index in [1.165, 1.54) is 0 Å². The first-order valence-electron chi connectivity index (χ1n) is 8.61. The largest absolute Gasteiger partial charge is 0.496 e. The van der Waals surface area contributed by atoms with E-state index >= 15 is 0 Å². The number of carbonyl (C=O) groups is 1. The Kier molecular flexibility index (Phi) is 7.99. The van der Waals surface area contributed by atoms with Crippen LogP contribution in [-0.4, -0.2) is 76.2 Å². The molecule has 0 aromatic heterocycles. The number of amides is 1. The predicted octanol–water partition coefficient (Wildman–Crippen LogP) is 1.76. The number of ether oxygens (including phenoxy) is 2. The number of nitrogens with zero attached hydrogens (tertiary/aromatic N) is 2. The molecule has 6 nitrogen and oxygen atoms in total. The maximum Gasteiger partial charge on any atom is 0.221 e. The van der Waals surface area contributed by atoms with Crippen LogP contribution >= 0.6 is 15.9 Å². The van der Waals surface area contributed by atoms with Gasteiger partial charge in [0, 0.05) is 45.7 Å². The Morgan fingerprint density at radius 3 is 2.48 bits per heavy atom. The van der Waals surface area contributed by atoms with E-state index in [4.69, 9.17) is 9.47 Å². The van der Waals surface area contributed by atoms with Crippen molar-refractivity contribution in [2.75, 3.05) is 60.5 Å². The molecule has 1 aliphatic rings. The summed E-state index contributed by atoms with van der Waals surface area (Å²) in [5.74, 6) is 1.65. The third-order valence-corrected chi connectivity index (χ3v) is 5.14. The molecule has 0 aliphatic carbocycles. The third-order valence-electron chi connectivity index (χ3n) is 4.52. The number of halogens is 1. The van der Waals surface area contributed by atoms with Gasteiger partial charge in [0.15, 0.2) is 0 Å². The van der Waals surface area contributed by atoms with E-state index in [9.17, 15) is 4.79 Å². The number of hydrogen-bond donors (Lipinski definition) is 1. The van der Waals surface area contributed by atoms with Gasteiger partial charge in [-0.3, -0.25) is 4.79 Å². The molecule has 0 spiro atoms. The lowest BCUT2D eigenvalue weighted by Gasteiger charge is -2.32. The van der Waals surface area contributed by atoms with Gasteiger partial charge in [-0.15, -0.1) is 0 Å². The fourth-order valence-electron chi connectivity index (χ4n) is 2.88. The molecule has 1 heterocycles. The Labute approximate surface area is 158 Å². The molecular weight excluding hydrogens is 386 g/mol. The van der Waals surface area contributed by atoms with E-state index in [0.29, 0.717) is 19.4 Å². The van der Waals surface area contributed by atoms with Crippen molar-refractivity contribution in [3.63, 3.8) is 0 Å². The SMILES string of the molecule is COc1cc(CCNC(=O)CCN2CCN(C)CC2)c(OC)cc1Br. The quantitative estimate of drug-likeness (QED) is 0.703. The molecule has 0 unspecified atom stereocenters. The maximum absolute atomic E-state index is 12.1. The van der Waals surface area contributed by atoms with Gasteiger partial charge in [0.2, 0.25) is 5.91 Å². The van der Waals surface area contributed by atoms with E-state index in [0.717, 1.165) is 54.3 Å². The lowest BCUT2D eigenvalue weighted by atomic mass is 10.1. The number of benzene rings is 1. The monoisotopic (exact) mass is 413 g/mol. The van der Waals surface area contributed by atoms with Gasteiger partial charge in [-0.25, -0.2) is 0 Å². The van der Waals surface area contributed by atoms with E-state index in [1.54, 1.807) is 14.2 Å². The second kappa shape index (κ2) is 9.99. The standard InChI is InChI=1S/C18H28BrN3O3/c1-21-8-10-22(11-9-21)7-5-18(23)20-6-4-14-12-17(25-3)15(19)13-16(14)24-2/h12-13H,4-11H2,1-3H3,(H,20,23). The number of methoxy groups -OCH3 is 2. The molecule has 7 heteroatoms. The van der Waals surface area contributed by atoms with Crippen LogP contribution in [0.15, 0.2) is 16.6 Å². The molecule has 0 saturated carbocycles. The molecule has 1 fully saturated rings. The van der Waals surface area contributed by atoms with Gasteiger partial charge in [-0.2, -0.15) is 0 Å². The van der Waals surface area contributed by atoms with Crippen LogP contribution in [0, 0.1) is 0 Å². The van der Waals surface area contributed by atoms with Crippen molar-refractivity contribution in [2.45, 2.75) is 12.8 Å². The summed E-state index contributed by atoms with van der Waals surface area (Å²) in [7, 11) is 5.41. The van der Waals surface area contributed by atoms with E-state index in [1.807, 2.05) is 12.1 Å². The molecule has 1 saturated heterocycles. The van der Waals surface area contributed by atoms with Gasteiger partial charge in [0.25, 0.3) is 0 Å². The molecule has 1 aromatic rings. The second-order valence-corrected chi connectivity index (χ2v) is 7.15. The second-order valence-electron chi connectivity index (χ2n) is 6.29. The van der Waals surface area contributed by atoms with Crippen molar-refractivity contribution in [1.29, 1.82) is 0 Å². The molecule has 1 N–H and O–H groups in total. The third kappa shape index (κ3) is 6.17. The minimum atomic E-state index is 0.0990. The number of rotatable bonds is 8. The summed E-state index contributed by atoms with van der Waals surface area (Å²) in [6.45, 7) is 5.65. The highest BCUT2D eigenvalue weighted by Gasteiger charge is 2.15. The molecule has 1 aliphatic heterocycles. The molecule has 140 valence electrons. The number of carbonyl (C=O) groups excluding carboxylic acids is 1. The molecule has 1 aromatic carbocycles. The highest BCUT2D eigenvalue weighted by molar-refractivity contribution is 9.10. The van der Waals surface area contributed by atoms with Crippen LogP contribution in [0.2, 0.25) is 0 Å². The van der Waals surface area contributed by atoms with E-state index in [-0.39, 0.29) is 5.91 Å². The highest BCUT2D eigenvalue weighted by atomic mass is 79.9. The van der Waals surface area contributed by atoms with Gasteiger partial charge >= 0.3 is 0 Å². The average Bonchev–Trinajstić information content (AvgIpc) is 2.62. The first kappa shape index (κ1) is 20.0. The van der Waals surface area contributed by atoms with Crippen LogP contribution in [0.25, 0.3) is 0 Å². The predicted molar refractivity (Wildman–Crippen MR) is 103 cm³/mol. The fourth-order valence-corrected chi connectivity index (χ4v) is 3.36. The summed E-state index contributed by atoms with van der Waals surface area (Å²) < 4.78 is 11.6. The first-order valence-corrected chi connectivity index (χ1v) is 9.40. The lowest BCUT2D eigenvalue weighted by Crippen LogP contribution is -2.45. The molecular formula is C18H28BrN3O3. The summed E-state index contributed by atoms with van der Waals surface area (Å²) in [6, 6.07) is 3.84. The van der Waals surface area contributed by atoms with Crippen LogP contribution < -0.4 is 14.8 Å². The Morgan fingerprint density at radius 1 is 1.16 bits per heavy atom. The minimum Gasteiger partial charge on any atom is -0.496 e. The Hall–Kier alpha value is -1.31. The molecule has 25 heavy (non-hydrogen) atoms. The van der Waals surface area contributed by atoms with E-state index < -0.39 is 0 Å².